The fourth-order valence-electron chi connectivity index (χ4n) is 2.94. The Bertz CT molecular complexity index is 1010. The molecule has 0 radical (unpaired) electrons. The largest absolute Gasteiger partial charge is 0.396 e. The van der Waals surface area contributed by atoms with Crippen molar-refractivity contribution in [3.05, 3.63) is 47.9 Å². The van der Waals surface area contributed by atoms with E-state index >= 15 is 0 Å². The molecule has 0 amide bonds. The maximum atomic E-state index is 9.01. The van der Waals surface area contributed by atoms with Gasteiger partial charge in [-0.2, -0.15) is 5.10 Å². The average Bonchev–Trinajstić information content (AvgIpc) is 3.11. The van der Waals surface area contributed by atoms with Gasteiger partial charge in [0.05, 0.1) is 35.6 Å². The third kappa shape index (κ3) is 4.52. The first-order valence-corrected chi connectivity index (χ1v) is 9.49. The van der Waals surface area contributed by atoms with E-state index in [9.17, 15) is 0 Å². The summed E-state index contributed by atoms with van der Waals surface area (Å²) < 4.78 is 1.93. The molecule has 8 heteroatoms. The van der Waals surface area contributed by atoms with Crippen molar-refractivity contribution in [2.75, 3.05) is 13.7 Å². The minimum Gasteiger partial charge on any atom is -0.396 e. The molecule has 0 aliphatic carbocycles. The van der Waals surface area contributed by atoms with Gasteiger partial charge in [0.1, 0.15) is 0 Å². The van der Waals surface area contributed by atoms with Crippen molar-refractivity contribution in [2.45, 2.75) is 19.3 Å². The molecule has 0 spiro atoms. The lowest BCUT2D eigenvalue weighted by Crippen LogP contribution is -2.27. The molecule has 0 saturated heterocycles. The third-order valence-corrected chi connectivity index (χ3v) is 4.81. The summed E-state index contributed by atoms with van der Waals surface area (Å²) in [6, 6.07) is 8.24. The molecule has 3 N–H and O–H groups in total. The normalized spacial score (nSPS) is 11.4. The maximum Gasteiger partial charge on any atom is 0.186 e. The van der Waals surface area contributed by atoms with Crippen LogP contribution >= 0.6 is 12.2 Å². The predicted molar refractivity (Wildman–Crippen MR) is 116 cm³/mol. The van der Waals surface area contributed by atoms with E-state index in [0.29, 0.717) is 0 Å². The van der Waals surface area contributed by atoms with Crippen LogP contribution in [0.3, 0.4) is 0 Å². The number of unbranched alkanes of at least 4 members (excludes halogenated alkanes) is 1. The molecule has 7 nitrogen and oxygen atoms in total. The Morgan fingerprint density at radius 1 is 1.36 bits per heavy atom. The second kappa shape index (κ2) is 8.90. The van der Waals surface area contributed by atoms with Gasteiger partial charge in [-0.05, 0) is 55.2 Å². The van der Waals surface area contributed by atoms with Gasteiger partial charge in [-0.1, -0.05) is 6.07 Å². The van der Waals surface area contributed by atoms with Crippen LogP contribution in [0.4, 0.5) is 0 Å². The number of thiocarbonyl (C=S) groups is 1. The molecule has 0 aliphatic heterocycles. The molecule has 0 saturated carbocycles. The molecular formula is C20H24N6OS. The van der Waals surface area contributed by atoms with Crippen LogP contribution in [0, 0.1) is 0 Å². The predicted octanol–water partition coefficient (Wildman–Crippen LogP) is 2.46. The lowest BCUT2D eigenvalue weighted by molar-refractivity contribution is 0.284. The van der Waals surface area contributed by atoms with Crippen LogP contribution in [0.25, 0.3) is 22.3 Å². The van der Waals surface area contributed by atoms with E-state index in [1.54, 1.807) is 25.8 Å². The van der Waals surface area contributed by atoms with E-state index in [-0.39, 0.29) is 11.7 Å². The van der Waals surface area contributed by atoms with Crippen molar-refractivity contribution in [1.82, 2.24) is 19.5 Å². The number of aryl methyl sites for hydroxylation is 2. The minimum atomic E-state index is 0.200. The number of nitrogens with zero attached hydrogens (tertiary/aromatic N) is 5. The van der Waals surface area contributed by atoms with Crippen LogP contribution in [0.5, 0.6) is 0 Å². The van der Waals surface area contributed by atoms with Gasteiger partial charge in [-0.3, -0.25) is 0 Å². The zero-order valence-corrected chi connectivity index (χ0v) is 16.9. The Balaban J connectivity index is 2.08. The number of nitrogens with two attached hydrogens (primary N) is 1. The molecule has 28 heavy (non-hydrogen) atoms. The maximum absolute atomic E-state index is 9.01. The summed E-state index contributed by atoms with van der Waals surface area (Å²) in [5, 5.41) is 16.0. The van der Waals surface area contributed by atoms with Crippen molar-refractivity contribution in [3.8, 4) is 11.4 Å². The molecule has 2 heterocycles. The molecular weight excluding hydrogens is 372 g/mol. The first kappa shape index (κ1) is 19.9. The first-order valence-electron chi connectivity index (χ1n) is 9.08. The van der Waals surface area contributed by atoms with Gasteiger partial charge in [-0.25, -0.2) is 15.0 Å². The molecule has 2 aromatic heterocycles. The molecule has 0 atom stereocenters. The molecule has 146 valence electrons. The summed E-state index contributed by atoms with van der Waals surface area (Å²) in [5.74, 6) is 0. The topological polar surface area (TPSA) is 92.6 Å². The molecule has 1 aromatic carbocycles. The number of pyridine rings is 1. The molecule has 0 bridgehead atoms. The van der Waals surface area contributed by atoms with Crippen molar-refractivity contribution in [2.24, 2.45) is 17.9 Å². The summed E-state index contributed by atoms with van der Waals surface area (Å²) in [6.45, 7) is 0.215. The smallest absolute Gasteiger partial charge is 0.186 e. The second-order valence-corrected chi connectivity index (χ2v) is 7.04. The van der Waals surface area contributed by atoms with Gasteiger partial charge in [0.25, 0.3) is 0 Å². The molecule has 0 unspecified atom stereocenters. The number of aromatic nitrogens is 3. The number of hydrogen-bond acceptors (Lipinski definition) is 5. The number of imidazole rings is 1. The Kier molecular flexibility index (Phi) is 6.33. The summed E-state index contributed by atoms with van der Waals surface area (Å²) in [5.41, 5.74) is 10.4. The van der Waals surface area contributed by atoms with E-state index in [4.69, 9.17) is 28.0 Å². The number of aliphatic hydroxyl groups excluding tert-OH is 1. The van der Waals surface area contributed by atoms with Crippen molar-refractivity contribution in [1.29, 1.82) is 0 Å². The van der Waals surface area contributed by atoms with Crippen molar-refractivity contribution in [3.63, 3.8) is 0 Å². The fraction of sp³-hybridized carbons (Fsp3) is 0.300. The van der Waals surface area contributed by atoms with E-state index in [1.807, 2.05) is 23.7 Å². The summed E-state index contributed by atoms with van der Waals surface area (Å²) in [7, 11) is 3.65. The van der Waals surface area contributed by atoms with Crippen LogP contribution in [-0.2, 0) is 13.5 Å². The number of hydrazone groups is 1. The van der Waals surface area contributed by atoms with Crippen molar-refractivity contribution >= 4 is 34.4 Å². The van der Waals surface area contributed by atoms with Gasteiger partial charge in [0, 0.05) is 31.7 Å². The molecule has 0 fully saturated rings. The molecule has 3 rings (SSSR count). The van der Waals surface area contributed by atoms with Crippen LogP contribution < -0.4 is 5.73 Å². The van der Waals surface area contributed by atoms with Gasteiger partial charge in [-0.15, -0.1) is 0 Å². The van der Waals surface area contributed by atoms with Gasteiger partial charge in [0.15, 0.2) is 5.11 Å². The zero-order valence-electron chi connectivity index (χ0n) is 16.0. The standard InChI is InChI=1S/C20H24N6OS/c1-25-13-22-12-19(25)18-10-15(11-23-26(2)20(21)28)16-9-14(5-3-4-8-27)6-7-17(16)24-18/h6-7,9-13,27H,3-5,8H2,1-2H3,(H2,21,28). The number of aliphatic hydroxyl groups is 1. The van der Waals surface area contributed by atoms with Gasteiger partial charge < -0.3 is 15.4 Å². The van der Waals surface area contributed by atoms with Gasteiger partial charge in [0.2, 0.25) is 0 Å². The fourth-order valence-corrected chi connectivity index (χ4v) is 2.99. The Hall–Kier alpha value is -2.84. The minimum absolute atomic E-state index is 0.200. The third-order valence-electron chi connectivity index (χ3n) is 4.55. The average molecular weight is 397 g/mol. The number of rotatable bonds is 7. The van der Waals surface area contributed by atoms with Crippen molar-refractivity contribution < 1.29 is 5.11 Å². The number of hydrogen-bond donors (Lipinski definition) is 2. The summed E-state index contributed by atoms with van der Waals surface area (Å²) in [6.07, 6.45) is 7.93. The first-order chi connectivity index (χ1) is 13.5. The highest BCUT2D eigenvalue weighted by Crippen LogP contribution is 2.25. The SMILES string of the molecule is CN(N=Cc1cc(-c2cncn2C)nc2ccc(CCCCO)cc12)C(N)=S. The van der Waals surface area contributed by atoms with E-state index in [1.165, 1.54) is 10.6 Å². The lowest BCUT2D eigenvalue weighted by atomic mass is 10.0. The highest BCUT2D eigenvalue weighted by atomic mass is 32.1. The number of fused-ring (bicyclic) bond motifs is 1. The second-order valence-electron chi connectivity index (χ2n) is 6.63. The Labute approximate surface area is 169 Å². The molecule has 3 aromatic rings. The zero-order chi connectivity index (χ0) is 20.1. The Morgan fingerprint density at radius 2 is 2.18 bits per heavy atom. The highest BCUT2D eigenvalue weighted by molar-refractivity contribution is 7.80. The van der Waals surface area contributed by atoms with E-state index in [0.717, 1.165) is 47.1 Å². The lowest BCUT2D eigenvalue weighted by Gasteiger charge is -2.11. The summed E-state index contributed by atoms with van der Waals surface area (Å²) in [4.78, 5) is 9.00. The van der Waals surface area contributed by atoms with Crippen LogP contribution in [-0.4, -0.2) is 49.6 Å². The summed E-state index contributed by atoms with van der Waals surface area (Å²) >= 11 is 4.96. The van der Waals surface area contributed by atoms with E-state index in [2.05, 4.69) is 22.2 Å². The van der Waals surface area contributed by atoms with Gasteiger partial charge >= 0.3 is 0 Å². The quantitative estimate of drug-likeness (QED) is 0.276. The molecule has 0 aliphatic rings. The highest BCUT2D eigenvalue weighted by Gasteiger charge is 2.10. The number of benzene rings is 1. The van der Waals surface area contributed by atoms with Crippen LogP contribution in [0.2, 0.25) is 0 Å². The van der Waals surface area contributed by atoms with Crippen LogP contribution in [0.1, 0.15) is 24.0 Å². The Morgan fingerprint density at radius 3 is 2.86 bits per heavy atom. The monoisotopic (exact) mass is 396 g/mol. The van der Waals surface area contributed by atoms with Crippen LogP contribution in [0.15, 0.2) is 41.9 Å². The van der Waals surface area contributed by atoms with E-state index < -0.39 is 0 Å².